The standard InChI is InChI=1S/C63H49N/c1-3-20-45(21-4-1)54-37-17-24-46-25-18-38-58(62(46)54)57-35-11-14-41-61(57)64(50-30-15-26-47(42-50)53-36-16-23-44-22-7-8-32-52(44)53)51-31-19-29-49(43-51)63(48-27-5-2-6-28-48)59-39-12-9-33-55(59)56-34-10-13-40-60(56)63/h2,5-19,22-43,45H,1,3-4,20-21H2. The van der Waals surface area contributed by atoms with Crippen molar-refractivity contribution >= 4 is 38.6 Å². The summed E-state index contributed by atoms with van der Waals surface area (Å²) in [4.78, 5) is 2.53. The van der Waals surface area contributed by atoms with Crippen LogP contribution in [0.5, 0.6) is 0 Å². The lowest BCUT2D eigenvalue weighted by Gasteiger charge is -2.35. The molecule has 1 nitrogen and oxygen atoms in total. The van der Waals surface area contributed by atoms with Gasteiger partial charge in [-0.3, -0.25) is 0 Å². The van der Waals surface area contributed by atoms with Crippen molar-refractivity contribution in [2.24, 2.45) is 0 Å². The SMILES string of the molecule is c1ccc(C2(c3cccc(N(c4cccc(-c5cccc6ccccc56)c4)c4ccccc4-c4cccc5cccc(C6CCCCC6)c45)c3)c3ccccc3-c3ccccc32)cc1. The van der Waals surface area contributed by atoms with Gasteiger partial charge in [0.1, 0.15) is 0 Å². The molecule has 2 aliphatic carbocycles. The summed E-state index contributed by atoms with van der Waals surface area (Å²) in [5.41, 5.74) is 17.0. The lowest BCUT2D eigenvalue weighted by molar-refractivity contribution is 0.445. The minimum absolute atomic E-state index is 0.523. The number of hydrogen-bond donors (Lipinski definition) is 0. The summed E-state index contributed by atoms with van der Waals surface area (Å²) in [5, 5.41) is 5.20. The fraction of sp³-hybridized carbons (Fsp3) is 0.111. The van der Waals surface area contributed by atoms with Crippen LogP contribution in [0.3, 0.4) is 0 Å². The number of rotatable bonds is 8. The van der Waals surface area contributed by atoms with Crippen LogP contribution >= 0.6 is 0 Å². The van der Waals surface area contributed by atoms with Gasteiger partial charge >= 0.3 is 0 Å². The molecule has 0 aliphatic heterocycles. The van der Waals surface area contributed by atoms with E-state index >= 15 is 0 Å². The van der Waals surface area contributed by atoms with Gasteiger partial charge in [0.25, 0.3) is 0 Å². The highest BCUT2D eigenvalue weighted by Gasteiger charge is 2.46. The molecule has 0 bridgehead atoms. The Morgan fingerprint density at radius 1 is 0.375 bits per heavy atom. The van der Waals surface area contributed by atoms with Gasteiger partial charge in [0.15, 0.2) is 0 Å². The van der Waals surface area contributed by atoms with Crippen molar-refractivity contribution in [3.8, 4) is 33.4 Å². The van der Waals surface area contributed by atoms with Crippen molar-refractivity contribution in [3.63, 3.8) is 0 Å². The van der Waals surface area contributed by atoms with Crippen LogP contribution < -0.4 is 4.90 Å². The Labute approximate surface area is 376 Å². The molecule has 2 aliphatic rings. The minimum atomic E-state index is -0.523. The molecule has 0 unspecified atom stereocenters. The van der Waals surface area contributed by atoms with Gasteiger partial charge < -0.3 is 4.90 Å². The molecule has 64 heavy (non-hydrogen) atoms. The molecule has 0 radical (unpaired) electrons. The maximum Gasteiger partial charge on any atom is 0.0714 e. The van der Waals surface area contributed by atoms with Crippen LogP contribution in [0.25, 0.3) is 54.9 Å². The number of para-hydroxylation sites is 1. The predicted molar refractivity (Wildman–Crippen MR) is 270 cm³/mol. The number of fused-ring (bicyclic) bond motifs is 5. The van der Waals surface area contributed by atoms with Crippen molar-refractivity contribution in [2.45, 2.75) is 43.4 Å². The van der Waals surface area contributed by atoms with E-state index in [1.807, 2.05) is 0 Å². The Balaban J connectivity index is 1.12. The topological polar surface area (TPSA) is 3.24 Å². The normalized spacial score (nSPS) is 14.3. The monoisotopic (exact) mass is 819 g/mol. The highest BCUT2D eigenvalue weighted by atomic mass is 15.1. The highest BCUT2D eigenvalue weighted by molar-refractivity contribution is 6.04. The first-order valence-corrected chi connectivity index (χ1v) is 23.1. The van der Waals surface area contributed by atoms with Gasteiger partial charge in [-0.05, 0) is 126 Å². The van der Waals surface area contributed by atoms with Crippen LogP contribution in [-0.4, -0.2) is 0 Å². The molecule has 10 aromatic carbocycles. The average Bonchev–Trinajstić information content (AvgIpc) is 3.68. The number of hydrogen-bond acceptors (Lipinski definition) is 1. The summed E-state index contributed by atoms with van der Waals surface area (Å²) in [6.07, 6.45) is 6.45. The Hall–Kier alpha value is -7.48. The van der Waals surface area contributed by atoms with Crippen LogP contribution in [0.1, 0.15) is 65.8 Å². The molecule has 1 fully saturated rings. The van der Waals surface area contributed by atoms with Gasteiger partial charge in [-0.2, -0.15) is 0 Å². The van der Waals surface area contributed by atoms with Gasteiger partial charge in [-0.25, -0.2) is 0 Å². The molecule has 12 rings (SSSR count). The Bertz CT molecular complexity index is 3280. The van der Waals surface area contributed by atoms with Crippen molar-refractivity contribution in [1.82, 2.24) is 0 Å². The first kappa shape index (κ1) is 38.2. The summed E-state index contributed by atoms with van der Waals surface area (Å²) < 4.78 is 0. The highest BCUT2D eigenvalue weighted by Crippen LogP contribution is 2.57. The van der Waals surface area contributed by atoms with E-state index in [1.165, 1.54) is 115 Å². The van der Waals surface area contributed by atoms with E-state index in [0.717, 1.165) is 17.1 Å². The second-order valence-corrected chi connectivity index (χ2v) is 17.8. The Morgan fingerprint density at radius 2 is 0.922 bits per heavy atom. The van der Waals surface area contributed by atoms with Gasteiger partial charge in [0, 0.05) is 16.9 Å². The van der Waals surface area contributed by atoms with Gasteiger partial charge in [0.05, 0.1) is 11.1 Å². The number of benzene rings is 10. The lowest BCUT2D eigenvalue weighted by atomic mass is 9.67. The predicted octanol–water partition coefficient (Wildman–Crippen LogP) is 17.2. The summed E-state index contributed by atoms with van der Waals surface area (Å²) in [5.74, 6) is 0.572. The maximum atomic E-state index is 2.53. The Kier molecular flexibility index (Phi) is 9.56. The van der Waals surface area contributed by atoms with Gasteiger partial charge in [-0.1, -0.05) is 219 Å². The molecule has 0 N–H and O–H groups in total. The summed E-state index contributed by atoms with van der Waals surface area (Å²) in [6, 6.07) is 86.3. The third-order valence-corrected chi connectivity index (χ3v) is 14.3. The first-order valence-electron chi connectivity index (χ1n) is 23.1. The third-order valence-electron chi connectivity index (χ3n) is 14.3. The fourth-order valence-corrected chi connectivity index (χ4v) is 11.6. The van der Waals surface area contributed by atoms with E-state index < -0.39 is 5.41 Å². The molecule has 306 valence electrons. The molecule has 0 aromatic heterocycles. The summed E-state index contributed by atoms with van der Waals surface area (Å²) >= 11 is 0. The van der Waals surface area contributed by atoms with Crippen molar-refractivity contribution in [1.29, 1.82) is 0 Å². The average molecular weight is 820 g/mol. The second-order valence-electron chi connectivity index (χ2n) is 17.8. The fourth-order valence-electron chi connectivity index (χ4n) is 11.6. The van der Waals surface area contributed by atoms with E-state index in [4.69, 9.17) is 0 Å². The zero-order valence-corrected chi connectivity index (χ0v) is 36.0. The van der Waals surface area contributed by atoms with E-state index in [9.17, 15) is 0 Å². The molecular weight excluding hydrogens is 771 g/mol. The van der Waals surface area contributed by atoms with E-state index in [1.54, 1.807) is 0 Å². The van der Waals surface area contributed by atoms with E-state index in [-0.39, 0.29) is 0 Å². The maximum absolute atomic E-state index is 2.53. The van der Waals surface area contributed by atoms with Crippen molar-refractivity contribution in [3.05, 3.63) is 258 Å². The summed E-state index contributed by atoms with van der Waals surface area (Å²) in [7, 11) is 0. The van der Waals surface area contributed by atoms with Crippen molar-refractivity contribution < 1.29 is 0 Å². The van der Waals surface area contributed by atoms with Crippen LogP contribution in [0, 0.1) is 0 Å². The molecule has 0 saturated heterocycles. The number of nitrogens with zero attached hydrogens (tertiary/aromatic N) is 1. The molecule has 0 atom stereocenters. The van der Waals surface area contributed by atoms with Crippen LogP contribution in [0.4, 0.5) is 17.1 Å². The second kappa shape index (κ2) is 16.0. The van der Waals surface area contributed by atoms with Gasteiger partial charge in [-0.15, -0.1) is 0 Å². The smallest absolute Gasteiger partial charge is 0.0714 e. The zero-order valence-electron chi connectivity index (χ0n) is 36.0. The molecule has 0 heterocycles. The minimum Gasteiger partial charge on any atom is -0.310 e. The Morgan fingerprint density at radius 3 is 1.70 bits per heavy atom. The van der Waals surface area contributed by atoms with Crippen molar-refractivity contribution in [2.75, 3.05) is 4.90 Å². The molecule has 0 amide bonds. The van der Waals surface area contributed by atoms with Crippen LogP contribution in [0.2, 0.25) is 0 Å². The van der Waals surface area contributed by atoms with Crippen LogP contribution in [-0.2, 0) is 5.41 Å². The van der Waals surface area contributed by atoms with Gasteiger partial charge in [0.2, 0.25) is 0 Å². The largest absolute Gasteiger partial charge is 0.310 e. The van der Waals surface area contributed by atoms with E-state index in [2.05, 4.69) is 235 Å². The quantitative estimate of drug-likeness (QED) is 0.148. The van der Waals surface area contributed by atoms with Crippen LogP contribution in [0.15, 0.2) is 231 Å². The lowest BCUT2D eigenvalue weighted by Crippen LogP contribution is -2.28. The molecule has 10 aromatic rings. The zero-order chi connectivity index (χ0) is 42.5. The third kappa shape index (κ3) is 6.21. The molecule has 1 saturated carbocycles. The molecule has 1 heteroatoms. The number of anilines is 3. The van der Waals surface area contributed by atoms with E-state index in [0.29, 0.717) is 5.92 Å². The first-order chi connectivity index (χ1) is 31.8. The molecule has 0 spiro atoms. The summed E-state index contributed by atoms with van der Waals surface area (Å²) in [6.45, 7) is 0. The molecular formula is C63H49N.